The summed E-state index contributed by atoms with van der Waals surface area (Å²) in [7, 11) is 0. The largest absolute Gasteiger partial charge is 0.420 e. The monoisotopic (exact) mass is 545 g/mol. The molecule has 1 saturated heterocycles. The third kappa shape index (κ3) is 4.26. The van der Waals surface area contributed by atoms with Crippen LogP contribution >= 0.6 is 23.6 Å². The third-order valence-corrected chi connectivity index (χ3v) is 7.94. The summed E-state index contributed by atoms with van der Waals surface area (Å²) in [5.74, 6) is -2.29. The van der Waals surface area contributed by atoms with E-state index in [9.17, 15) is 18.0 Å². The molecule has 0 atom stereocenters. The van der Waals surface area contributed by atoms with E-state index >= 15 is 4.39 Å². The Morgan fingerprint density at radius 3 is 2.51 bits per heavy atom. The fraction of sp³-hybridized carbons (Fsp3) is 0.320. The lowest BCUT2D eigenvalue weighted by Crippen LogP contribution is -2.55. The number of benzene rings is 1. The number of nitrogens with zero attached hydrogens (tertiary/aromatic N) is 5. The minimum Gasteiger partial charge on any atom is -0.301 e. The molecule has 0 unspecified atom stereocenters. The Hall–Kier alpha value is -3.43. The first kappa shape index (κ1) is 25.2. The van der Waals surface area contributed by atoms with E-state index in [1.165, 1.54) is 6.07 Å². The normalized spacial score (nSPS) is 16.8. The minimum atomic E-state index is -5.12. The summed E-state index contributed by atoms with van der Waals surface area (Å²) in [6, 6.07) is 6.81. The molecule has 1 amide bonds. The molecule has 37 heavy (non-hydrogen) atoms. The van der Waals surface area contributed by atoms with E-state index in [4.69, 9.17) is 17.5 Å². The van der Waals surface area contributed by atoms with Crippen LogP contribution in [0.4, 0.5) is 28.9 Å². The Morgan fingerprint density at radius 1 is 1.16 bits per heavy atom. The summed E-state index contributed by atoms with van der Waals surface area (Å²) in [5.41, 5.74) is -2.96. The van der Waals surface area contributed by atoms with E-state index in [2.05, 4.69) is 9.97 Å². The van der Waals surface area contributed by atoms with Crippen LogP contribution in [0, 0.1) is 17.1 Å². The summed E-state index contributed by atoms with van der Waals surface area (Å²) in [5, 5.41) is 11.9. The van der Waals surface area contributed by atoms with Gasteiger partial charge in [-0.2, -0.15) is 18.4 Å². The van der Waals surface area contributed by atoms with Crippen LogP contribution in [0.1, 0.15) is 47.5 Å². The highest BCUT2D eigenvalue weighted by molar-refractivity contribution is 7.81. The molecule has 190 valence electrons. The number of nitriles is 1. The molecule has 0 radical (unpaired) electrons. The SMILES string of the molecule is N#Cc1ccc(N2C(=O)C3(CCC3)N(c3ccc(CCCc4nccs4)nc3)C2=S)c(F)c1C(F)(F)F. The number of rotatable bonds is 6. The Balaban J connectivity index is 1.44. The van der Waals surface area contributed by atoms with Crippen molar-refractivity contribution >= 4 is 45.9 Å². The number of alkyl halides is 3. The fourth-order valence-electron chi connectivity index (χ4n) is 4.79. The lowest BCUT2D eigenvalue weighted by Gasteiger charge is -2.42. The highest BCUT2D eigenvalue weighted by atomic mass is 32.1. The number of pyridine rings is 1. The molecule has 3 heterocycles. The molecule has 1 aromatic carbocycles. The molecule has 3 aromatic rings. The summed E-state index contributed by atoms with van der Waals surface area (Å²) >= 11 is 7.14. The van der Waals surface area contributed by atoms with E-state index in [0.29, 0.717) is 24.9 Å². The molecular formula is C25H19F4N5OS2. The molecule has 2 aliphatic rings. The number of thiazole rings is 1. The first-order valence-electron chi connectivity index (χ1n) is 11.5. The van der Waals surface area contributed by atoms with Gasteiger partial charge in [-0.25, -0.2) is 9.37 Å². The molecule has 2 fully saturated rings. The summed E-state index contributed by atoms with van der Waals surface area (Å²) < 4.78 is 56.0. The third-order valence-electron chi connectivity index (χ3n) is 6.73. The molecule has 2 aromatic heterocycles. The van der Waals surface area contributed by atoms with Gasteiger partial charge >= 0.3 is 6.18 Å². The highest BCUT2D eigenvalue weighted by Gasteiger charge is 2.60. The van der Waals surface area contributed by atoms with Crippen molar-refractivity contribution in [3.63, 3.8) is 0 Å². The second-order valence-corrected chi connectivity index (χ2v) is 10.2. The number of anilines is 2. The van der Waals surface area contributed by atoms with E-state index in [1.54, 1.807) is 34.7 Å². The zero-order chi connectivity index (χ0) is 26.4. The van der Waals surface area contributed by atoms with E-state index in [0.717, 1.165) is 47.0 Å². The number of halogens is 4. The molecule has 1 aliphatic carbocycles. The van der Waals surface area contributed by atoms with Crippen LogP contribution in [0.25, 0.3) is 0 Å². The molecule has 5 rings (SSSR count). The second kappa shape index (κ2) is 9.46. The molecule has 1 aliphatic heterocycles. The topological polar surface area (TPSA) is 73.1 Å². The van der Waals surface area contributed by atoms with Gasteiger partial charge in [0, 0.05) is 17.3 Å². The predicted molar refractivity (Wildman–Crippen MR) is 134 cm³/mol. The Kier molecular flexibility index (Phi) is 6.45. The molecule has 1 spiro atoms. The van der Waals surface area contributed by atoms with Crippen molar-refractivity contribution in [1.82, 2.24) is 9.97 Å². The van der Waals surface area contributed by atoms with E-state index in [1.807, 2.05) is 11.4 Å². The van der Waals surface area contributed by atoms with Gasteiger partial charge in [-0.3, -0.25) is 14.7 Å². The number of aromatic nitrogens is 2. The first-order chi connectivity index (χ1) is 17.7. The quantitative estimate of drug-likeness (QED) is 0.288. The standard InChI is InChI=1S/C25H19F4N5OS2/c26-21-18(8-5-15(13-30)20(21)25(27,28)29)33-22(35)24(9-2-10-24)34(23(33)36)17-7-6-16(32-14-17)3-1-4-19-31-11-12-37-19/h5-8,11-12,14H,1-4,9-10H2. The number of carbonyl (C=O) groups excluding carboxylic acids is 1. The van der Waals surface area contributed by atoms with E-state index < -0.39 is 40.3 Å². The van der Waals surface area contributed by atoms with Gasteiger partial charge in [0.2, 0.25) is 0 Å². The first-order valence-corrected chi connectivity index (χ1v) is 12.8. The number of thiocarbonyl (C=S) groups is 1. The van der Waals surface area contributed by atoms with Gasteiger partial charge in [0.25, 0.3) is 5.91 Å². The average molecular weight is 546 g/mol. The average Bonchev–Trinajstić information content (AvgIpc) is 3.43. The number of amides is 1. The zero-order valence-corrected chi connectivity index (χ0v) is 20.9. The van der Waals surface area contributed by atoms with Crippen molar-refractivity contribution in [2.75, 3.05) is 9.80 Å². The number of hydrogen-bond donors (Lipinski definition) is 0. The molecule has 1 saturated carbocycles. The second-order valence-electron chi connectivity index (χ2n) is 8.86. The Bertz CT molecular complexity index is 1400. The number of aryl methyl sites for hydroxylation is 2. The van der Waals surface area contributed by atoms with Gasteiger partial charge < -0.3 is 4.90 Å². The number of carbonyl (C=O) groups is 1. The maximum atomic E-state index is 15.2. The van der Waals surface area contributed by atoms with Gasteiger partial charge in [0.05, 0.1) is 34.2 Å². The van der Waals surface area contributed by atoms with E-state index in [-0.39, 0.29) is 5.11 Å². The van der Waals surface area contributed by atoms with Crippen molar-refractivity contribution in [1.29, 1.82) is 5.26 Å². The van der Waals surface area contributed by atoms with Crippen LogP contribution in [-0.2, 0) is 23.8 Å². The molecule has 12 heteroatoms. The van der Waals surface area contributed by atoms with Crippen molar-refractivity contribution in [3.05, 3.63) is 69.7 Å². The molecule has 0 bridgehead atoms. The summed E-state index contributed by atoms with van der Waals surface area (Å²) in [6.45, 7) is 0. The zero-order valence-electron chi connectivity index (χ0n) is 19.3. The van der Waals surface area contributed by atoms with Crippen LogP contribution in [0.15, 0.2) is 42.0 Å². The van der Waals surface area contributed by atoms with Crippen LogP contribution < -0.4 is 9.80 Å². The Morgan fingerprint density at radius 2 is 1.95 bits per heavy atom. The maximum Gasteiger partial charge on any atom is 0.420 e. The smallest absolute Gasteiger partial charge is 0.301 e. The van der Waals surface area contributed by atoms with Gasteiger partial charge in [0.15, 0.2) is 10.9 Å². The van der Waals surface area contributed by atoms with Crippen molar-refractivity contribution in [2.45, 2.75) is 50.2 Å². The van der Waals surface area contributed by atoms with Gasteiger partial charge in [-0.15, -0.1) is 11.3 Å². The van der Waals surface area contributed by atoms with Crippen molar-refractivity contribution in [3.8, 4) is 6.07 Å². The fourth-order valence-corrected chi connectivity index (χ4v) is 5.92. The summed E-state index contributed by atoms with van der Waals surface area (Å²) in [6.07, 6.45) is 2.19. The van der Waals surface area contributed by atoms with Crippen molar-refractivity contribution in [2.24, 2.45) is 0 Å². The van der Waals surface area contributed by atoms with Crippen LogP contribution in [-0.4, -0.2) is 26.5 Å². The molecule has 0 N–H and O–H groups in total. The van der Waals surface area contributed by atoms with Gasteiger partial charge in [-0.05, 0) is 75.0 Å². The predicted octanol–water partition coefficient (Wildman–Crippen LogP) is 5.80. The van der Waals surface area contributed by atoms with Crippen molar-refractivity contribution < 1.29 is 22.4 Å². The van der Waals surface area contributed by atoms with Gasteiger partial charge in [-0.1, -0.05) is 0 Å². The molecule has 6 nitrogen and oxygen atoms in total. The van der Waals surface area contributed by atoms with Crippen LogP contribution in [0.3, 0.4) is 0 Å². The minimum absolute atomic E-state index is 0.125. The molecular weight excluding hydrogens is 526 g/mol. The summed E-state index contributed by atoms with van der Waals surface area (Å²) in [4.78, 5) is 24.7. The highest BCUT2D eigenvalue weighted by Crippen LogP contribution is 2.49. The van der Waals surface area contributed by atoms with Crippen LogP contribution in [0.5, 0.6) is 0 Å². The Labute approximate surface area is 219 Å². The lowest BCUT2D eigenvalue weighted by atomic mass is 9.75. The number of hydrogen-bond acceptors (Lipinski definition) is 6. The van der Waals surface area contributed by atoms with Gasteiger partial charge in [0.1, 0.15) is 11.1 Å². The van der Waals surface area contributed by atoms with Crippen LogP contribution in [0.2, 0.25) is 0 Å². The lowest BCUT2D eigenvalue weighted by molar-refractivity contribution is -0.140. The maximum absolute atomic E-state index is 15.2.